The van der Waals surface area contributed by atoms with Gasteiger partial charge in [0.05, 0.1) is 0 Å². The van der Waals surface area contributed by atoms with Gasteiger partial charge in [-0.25, -0.2) is 0 Å². The molecule has 0 radical (unpaired) electrons. The summed E-state index contributed by atoms with van der Waals surface area (Å²) in [4.78, 5) is 0. The van der Waals surface area contributed by atoms with Gasteiger partial charge in [-0.15, -0.1) is 0 Å². The Bertz CT molecular complexity index is 189. The standard InChI is InChI=1S/C12H21N/c1-12(9-5-6-10-12)13-11-7-3-2-4-8-11/h3,7,11,13H,2,4-6,8-10H2,1H3. The fraction of sp³-hybridized carbons (Fsp3) is 0.833. The summed E-state index contributed by atoms with van der Waals surface area (Å²) in [6, 6.07) is 0.664. The summed E-state index contributed by atoms with van der Waals surface area (Å²) in [5.74, 6) is 0. The topological polar surface area (TPSA) is 12.0 Å². The van der Waals surface area contributed by atoms with E-state index in [-0.39, 0.29) is 0 Å². The van der Waals surface area contributed by atoms with Gasteiger partial charge in [0, 0.05) is 11.6 Å². The van der Waals surface area contributed by atoms with E-state index in [4.69, 9.17) is 0 Å². The molecule has 2 aliphatic rings. The number of allylic oxidation sites excluding steroid dienone is 1. The summed E-state index contributed by atoms with van der Waals surface area (Å²) >= 11 is 0. The zero-order chi connectivity index (χ0) is 9.15. The summed E-state index contributed by atoms with van der Waals surface area (Å²) in [5, 5.41) is 3.81. The molecule has 0 spiro atoms. The fourth-order valence-corrected chi connectivity index (χ4v) is 2.68. The van der Waals surface area contributed by atoms with Gasteiger partial charge < -0.3 is 5.32 Å². The molecule has 0 saturated heterocycles. The summed E-state index contributed by atoms with van der Waals surface area (Å²) in [6.07, 6.45) is 14.3. The van der Waals surface area contributed by atoms with Gasteiger partial charge in [-0.2, -0.15) is 0 Å². The highest BCUT2D eigenvalue weighted by Crippen LogP contribution is 2.30. The molecule has 13 heavy (non-hydrogen) atoms. The number of hydrogen-bond donors (Lipinski definition) is 1. The van der Waals surface area contributed by atoms with Gasteiger partial charge in [0.25, 0.3) is 0 Å². The fourth-order valence-electron chi connectivity index (χ4n) is 2.68. The molecular weight excluding hydrogens is 158 g/mol. The van der Waals surface area contributed by atoms with Crippen LogP contribution >= 0.6 is 0 Å². The molecule has 0 aliphatic heterocycles. The minimum absolute atomic E-state index is 0.451. The normalized spacial score (nSPS) is 32.2. The van der Waals surface area contributed by atoms with Crippen molar-refractivity contribution in [2.75, 3.05) is 0 Å². The summed E-state index contributed by atoms with van der Waals surface area (Å²) in [5.41, 5.74) is 0.451. The lowest BCUT2D eigenvalue weighted by Crippen LogP contribution is -2.45. The molecule has 74 valence electrons. The third-order valence-corrected chi connectivity index (χ3v) is 3.50. The third-order valence-electron chi connectivity index (χ3n) is 3.50. The SMILES string of the molecule is CC1(NC2C=CCCC2)CCCC1. The van der Waals surface area contributed by atoms with Crippen LogP contribution in [0.2, 0.25) is 0 Å². The van der Waals surface area contributed by atoms with Crippen molar-refractivity contribution in [3.8, 4) is 0 Å². The lowest BCUT2D eigenvalue weighted by molar-refractivity contribution is 0.324. The smallest absolute Gasteiger partial charge is 0.0255 e. The highest BCUT2D eigenvalue weighted by atomic mass is 15.0. The molecule has 0 amide bonds. The first-order chi connectivity index (χ1) is 6.29. The van der Waals surface area contributed by atoms with E-state index in [2.05, 4.69) is 24.4 Å². The Morgan fingerprint density at radius 2 is 2.00 bits per heavy atom. The molecule has 0 aromatic carbocycles. The van der Waals surface area contributed by atoms with Gasteiger partial charge in [-0.3, -0.25) is 0 Å². The molecule has 0 aromatic heterocycles. The minimum Gasteiger partial charge on any atom is -0.305 e. The monoisotopic (exact) mass is 179 g/mol. The first-order valence-corrected chi connectivity index (χ1v) is 5.73. The zero-order valence-corrected chi connectivity index (χ0v) is 8.68. The van der Waals surface area contributed by atoms with Crippen molar-refractivity contribution in [2.24, 2.45) is 0 Å². The first kappa shape index (κ1) is 9.26. The van der Waals surface area contributed by atoms with E-state index < -0.39 is 0 Å². The molecule has 2 rings (SSSR count). The van der Waals surface area contributed by atoms with Gasteiger partial charge in [0.2, 0.25) is 0 Å². The van der Waals surface area contributed by atoms with Crippen LogP contribution in [0.15, 0.2) is 12.2 Å². The second-order valence-corrected chi connectivity index (χ2v) is 4.88. The largest absolute Gasteiger partial charge is 0.305 e. The van der Waals surface area contributed by atoms with Crippen LogP contribution in [-0.4, -0.2) is 11.6 Å². The maximum Gasteiger partial charge on any atom is 0.0255 e. The van der Waals surface area contributed by atoms with Crippen molar-refractivity contribution in [3.63, 3.8) is 0 Å². The molecule has 0 heterocycles. The average Bonchev–Trinajstić information content (AvgIpc) is 2.54. The molecular formula is C12H21N. The second-order valence-electron chi connectivity index (χ2n) is 4.88. The minimum atomic E-state index is 0.451. The maximum absolute atomic E-state index is 3.81. The molecule has 1 fully saturated rings. The van der Waals surface area contributed by atoms with Gasteiger partial charge in [0.15, 0.2) is 0 Å². The van der Waals surface area contributed by atoms with Gasteiger partial charge in [-0.05, 0) is 39.0 Å². The summed E-state index contributed by atoms with van der Waals surface area (Å²) in [6.45, 7) is 2.39. The van der Waals surface area contributed by atoms with Crippen molar-refractivity contribution in [3.05, 3.63) is 12.2 Å². The molecule has 1 atom stereocenters. The Balaban J connectivity index is 1.88. The Hall–Kier alpha value is -0.300. The molecule has 2 aliphatic carbocycles. The van der Waals surface area contributed by atoms with Gasteiger partial charge >= 0.3 is 0 Å². The van der Waals surface area contributed by atoms with E-state index in [1.807, 2.05) is 0 Å². The van der Waals surface area contributed by atoms with E-state index in [1.54, 1.807) is 0 Å². The van der Waals surface area contributed by atoms with Gasteiger partial charge in [0.1, 0.15) is 0 Å². The Labute approximate surface area is 81.6 Å². The summed E-state index contributed by atoms with van der Waals surface area (Å²) < 4.78 is 0. The highest BCUT2D eigenvalue weighted by Gasteiger charge is 2.29. The Morgan fingerprint density at radius 1 is 1.23 bits per heavy atom. The van der Waals surface area contributed by atoms with Gasteiger partial charge in [-0.1, -0.05) is 25.0 Å². The van der Waals surface area contributed by atoms with Crippen LogP contribution in [0.1, 0.15) is 51.9 Å². The average molecular weight is 179 g/mol. The van der Waals surface area contributed by atoms with E-state index in [0.717, 1.165) is 0 Å². The maximum atomic E-state index is 3.81. The van der Waals surface area contributed by atoms with Crippen molar-refractivity contribution in [1.29, 1.82) is 0 Å². The van der Waals surface area contributed by atoms with E-state index in [1.165, 1.54) is 44.9 Å². The predicted molar refractivity (Wildman–Crippen MR) is 56.8 cm³/mol. The predicted octanol–water partition coefficient (Wildman–Crippen LogP) is 3.02. The zero-order valence-electron chi connectivity index (χ0n) is 8.68. The molecule has 1 nitrogen and oxygen atoms in total. The van der Waals surface area contributed by atoms with Crippen molar-refractivity contribution < 1.29 is 0 Å². The quantitative estimate of drug-likeness (QED) is 0.642. The molecule has 1 heteroatoms. The van der Waals surface area contributed by atoms with Crippen LogP contribution in [0.25, 0.3) is 0 Å². The van der Waals surface area contributed by atoms with Crippen LogP contribution in [-0.2, 0) is 0 Å². The van der Waals surface area contributed by atoms with E-state index in [0.29, 0.717) is 11.6 Å². The molecule has 1 unspecified atom stereocenters. The van der Waals surface area contributed by atoms with E-state index >= 15 is 0 Å². The molecule has 0 aromatic rings. The first-order valence-electron chi connectivity index (χ1n) is 5.73. The number of nitrogens with one attached hydrogen (secondary N) is 1. The lowest BCUT2D eigenvalue weighted by atomic mass is 9.95. The Morgan fingerprint density at radius 3 is 2.62 bits per heavy atom. The molecule has 0 bridgehead atoms. The number of hydrogen-bond acceptors (Lipinski definition) is 1. The van der Waals surface area contributed by atoms with E-state index in [9.17, 15) is 0 Å². The lowest BCUT2D eigenvalue weighted by Gasteiger charge is -2.31. The van der Waals surface area contributed by atoms with Crippen molar-refractivity contribution in [1.82, 2.24) is 5.32 Å². The summed E-state index contributed by atoms with van der Waals surface area (Å²) in [7, 11) is 0. The van der Waals surface area contributed by atoms with Crippen molar-refractivity contribution in [2.45, 2.75) is 63.5 Å². The highest BCUT2D eigenvalue weighted by molar-refractivity contribution is 5.02. The molecule has 1 N–H and O–H groups in total. The van der Waals surface area contributed by atoms with Crippen LogP contribution in [0.5, 0.6) is 0 Å². The van der Waals surface area contributed by atoms with Crippen LogP contribution in [0.4, 0.5) is 0 Å². The van der Waals surface area contributed by atoms with Crippen LogP contribution in [0.3, 0.4) is 0 Å². The molecule has 1 saturated carbocycles. The number of rotatable bonds is 2. The second kappa shape index (κ2) is 3.83. The Kier molecular flexibility index (Phi) is 2.73. The van der Waals surface area contributed by atoms with Crippen LogP contribution in [0, 0.1) is 0 Å². The third kappa shape index (κ3) is 2.34. The van der Waals surface area contributed by atoms with Crippen LogP contribution < -0.4 is 5.32 Å². The van der Waals surface area contributed by atoms with Crippen molar-refractivity contribution >= 4 is 0 Å².